The van der Waals surface area contributed by atoms with Gasteiger partial charge in [-0.15, -0.1) is 0 Å². The predicted molar refractivity (Wildman–Crippen MR) is 199 cm³/mol. The number of benzene rings is 3. The van der Waals surface area contributed by atoms with Gasteiger partial charge in [0.15, 0.2) is 16.3 Å². The maximum atomic E-state index is 14.0. The van der Waals surface area contributed by atoms with E-state index in [1.54, 1.807) is 31.2 Å². The molecule has 1 atom stereocenters. The predicted octanol–water partition coefficient (Wildman–Crippen LogP) is 5.78. The molecule has 4 aromatic rings. The van der Waals surface area contributed by atoms with E-state index in [4.69, 9.17) is 23.7 Å². The van der Waals surface area contributed by atoms with E-state index in [0.717, 1.165) is 18.3 Å². The molecule has 3 aromatic carbocycles. The first kappa shape index (κ1) is 35.6. The number of carbonyl (C=O) groups excluding carboxylic acids is 2. The van der Waals surface area contributed by atoms with Gasteiger partial charge in [0.25, 0.3) is 5.56 Å². The molecule has 0 amide bonds. The number of carbonyl (C=O) groups is 2. The molecule has 250 valence electrons. The molecule has 5 rings (SSSR count). The molecule has 0 bridgehead atoms. The highest BCUT2D eigenvalue weighted by Crippen LogP contribution is 2.35. The van der Waals surface area contributed by atoms with Gasteiger partial charge < -0.3 is 23.7 Å². The smallest absolute Gasteiger partial charge is 0.338 e. The second kappa shape index (κ2) is 16.1. The van der Waals surface area contributed by atoms with Crippen molar-refractivity contribution in [2.24, 2.45) is 4.99 Å². The normalized spacial score (nSPS) is 14.0. The number of methoxy groups -OCH3 is 1. The first-order valence-electron chi connectivity index (χ1n) is 15.1. The van der Waals surface area contributed by atoms with Gasteiger partial charge in [0, 0.05) is 6.20 Å². The van der Waals surface area contributed by atoms with Gasteiger partial charge >= 0.3 is 11.9 Å². The Hall–Kier alpha value is -3.70. The van der Waals surface area contributed by atoms with Crippen LogP contribution < -0.4 is 29.1 Å². The Morgan fingerprint density at radius 2 is 1.58 bits per heavy atom. The summed E-state index contributed by atoms with van der Waals surface area (Å²) in [5.41, 5.74) is 2.79. The molecule has 0 fully saturated rings. The molecular formula is C35H32I2N2O8S. The summed E-state index contributed by atoms with van der Waals surface area (Å²) in [4.78, 5) is 43.8. The number of ether oxygens (including phenoxy) is 5. The average Bonchev–Trinajstić information content (AvgIpc) is 3.39. The van der Waals surface area contributed by atoms with Crippen LogP contribution in [-0.4, -0.2) is 43.4 Å². The van der Waals surface area contributed by atoms with Gasteiger partial charge in [-0.3, -0.25) is 9.36 Å². The topological polar surface area (TPSA) is 115 Å². The summed E-state index contributed by atoms with van der Waals surface area (Å²) in [7, 11) is 1.30. The highest BCUT2D eigenvalue weighted by molar-refractivity contribution is 14.1. The van der Waals surface area contributed by atoms with Crippen LogP contribution in [0.5, 0.6) is 17.2 Å². The minimum Gasteiger partial charge on any atom is -0.490 e. The molecule has 0 unspecified atom stereocenters. The highest BCUT2D eigenvalue weighted by atomic mass is 127. The van der Waals surface area contributed by atoms with Crippen LogP contribution >= 0.6 is 56.5 Å². The summed E-state index contributed by atoms with van der Waals surface area (Å²) >= 11 is 5.67. The Labute approximate surface area is 308 Å². The Kier molecular flexibility index (Phi) is 12.0. The Balaban J connectivity index is 1.47. The van der Waals surface area contributed by atoms with Crippen LogP contribution in [0.4, 0.5) is 0 Å². The molecule has 0 N–H and O–H groups in total. The third kappa shape index (κ3) is 7.78. The molecule has 0 aliphatic carbocycles. The van der Waals surface area contributed by atoms with Crippen LogP contribution in [0.1, 0.15) is 53.9 Å². The van der Waals surface area contributed by atoms with Crippen molar-refractivity contribution in [3.05, 3.63) is 115 Å². The standard InChI is InChI=1S/C35H32I2N2O8S/c1-5-44-27-13-12-23(17-28(27)45-6-2)30-24(34(42)43-4)18-38-35-39(30)32(40)29(48-35)16-21-14-25(36)31(26(37)15-21)47-19-20-8-10-22(11-9-20)33(41)46-7-3/h8-18,30H,5-7,19H2,1-4H3/b29-16+/t30-/m1/s1. The summed E-state index contributed by atoms with van der Waals surface area (Å²) in [5.74, 6) is 0.860. The zero-order chi connectivity index (χ0) is 34.4. The van der Waals surface area contributed by atoms with Crippen LogP contribution in [0, 0.1) is 7.14 Å². The fourth-order valence-corrected chi connectivity index (χ4v) is 8.14. The molecule has 0 spiro atoms. The minimum atomic E-state index is -0.784. The molecule has 0 saturated carbocycles. The number of hydrogen-bond donors (Lipinski definition) is 0. The zero-order valence-electron chi connectivity index (χ0n) is 26.6. The summed E-state index contributed by atoms with van der Waals surface area (Å²) in [6.45, 7) is 7.04. The van der Waals surface area contributed by atoms with Crippen molar-refractivity contribution in [1.29, 1.82) is 0 Å². The fourth-order valence-electron chi connectivity index (χ4n) is 5.05. The van der Waals surface area contributed by atoms with Gasteiger partial charge in [-0.2, -0.15) is 0 Å². The maximum Gasteiger partial charge on any atom is 0.338 e. The first-order chi connectivity index (χ1) is 23.2. The summed E-state index contributed by atoms with van der Waals surface area (Å²) in [6.07, 6.45) is 3.28. The van der Waals surface area contributed by atoms with Gasteiger partial charge in [-0.25, -0.2) is 14.6 Å². The molecule has 1 aromatic heterocycles. The molecule has 48 heavy (non-hydrogen) atoms. The van der Waals surface area contributed by atoms with Crippen molar-refractivity contribution in [2.75, 3.05) is 26.9 Å². The van der Waals surface area contributed by atoms with E-state index < -0.39 is 12.0 Å². The summed E-state index contributed by atoms with van der Waals surface area (Å²) in [5, 5.41) is 0. The van der Waals surface area contributed by atoms with E-state index in [9.17, 15) is 14.4 Å². The van der Waals surface area contributed by atoms with Crippen LogP contribution in [0.3, 0.4) is 0 Å². The van der Waals surface area contributed by atoms with E-state index in [1.807, 2.05) is 50.3 Å². The molecule has 0 saturated heterocycles. The van der Waals surface area contributed by atoms with Crippen molar-refractivity contribution in [2.45, 2.75) is 33.4 Å². The SMILES string of the molecule is CCOC(=O)c1ccc(COc2c(I)cc(/C=c3/sc4n(c3=O)[C@H](c3ccc(OCC)c(OCC)c3)C(C(=O)OC)=CN=4)cc2I)cc1. The molecule has 1 aliphatic heterocycles. The second-order valence-corrected chi connectivity index (χ2v) is 13.6. The summed E-state index contributed by atoms with van der Waals surface area (Å²) < 4.78 is 31.6. The molecule has 1 aliphatic rings. The van der Waals surface area contributed by atoms with Crippen LogP contribution in [-0.2, 0) is 20.9 Å². The number of nitrogens with zero attached hydrogens (tertiary/aromatic N) is 2. The maximum absolute atomic E-state index is 14.0. The molecular weight excluding hydrogens is 862 g/mol. The quantitative estimate of drug-likeness (QED) is 0.130. The molecule has 10 nitrogen and oxygen atoms in total. The van der Waals surface area contributed by atoms with E-state index in [-0.39, 0.29) is 17.1 Å². The lowest BCUT2D eigenvalue weighted by molar-refractivity contribution is -0.136. The first-order valence-corrected chi connectivity index (χ1v) is 18.0. The van der Waals surface area contributed by atoms with E-state index in [1.165, 1.54) is 29.2 Å². The number of aromatic nitrogens is 1. The monoisotopic (exact) mass is 894 g/mol. The van der Waals surface area contributed by atoms with Crippen molar-refractivity contribution in [3.63, 3.8) is 0 Å². The third-order valence-corrected chi connectivity index (χ3v) is 9.77. The van der Waals surface area contributed by atoms with Gasteiger partial charge in [-0.05, 0) is 125 Å². The number of hydrogen-bond acceptors (Lipinski definition) is 10. The largest absolute Gasteiger partial charge is 0.490 e. The Bertz CT molecular complexity index is 2030. The van der Waals surface area contributed by atoms with Gasteiger partial charge in [0.2, 0.25) is 0 Å². The fraction of sp³-hybridized carbons (Fsp3) is 0.257. The molecule has 2 heterocycles. The van der Waals surface area contributed by atoms with Crippen LogP contribution in [0.25, 0.3) is 6.08 Å². The highest BCUT2D eigenvalue weighted by Gasteiger charge is 2.31. The number of halogens is 2. The van der Waals surface area contributed by atoms with Crippen molar-refractivity contribution < 1.29 is 33.3 Å². The van der Waals surface area contributed by atoms with Crippen molar-refractivity contribution in [1.82, 2.24) is 4.57 Å². The van der Waals surface area contributed by atoms with Crippen molar-refractivity contribution >= 4 is 74.5 Å². The molecule has 13 heteroatoms. The number of esters is 2. The zero-order valence-corrected chi connectivity index (χ0v) is 31.7. The van der Waals surface area contributed by atoms with E-state index in [0.29, 0.717) is 64.1 Å². The lowest BCUT2D eigenvalue weighted by atomic mass is 9.97. The third-order valence-electron chi connectivity index (χ3n) is 7.17. The average molecular weight is 895 g/mol. The van der Waals surface area contributed by atoms with Crippen molar-refractivity contribution in [3.8, 4) is 17.2 Å². The van der Waals surface area contributed by atoms with Crippen LogP contribution in [0.15, 0.2) is 76.2 Å². The van der Waals surface area contributed by atoms with E-state index >= 15 is 0 Å². The summed E-state index contributed by atoms with van der Waals surface area (Å²) in [6, 6.07) is 15.6. The number of fused-ring (bicyclic) bond motifs is 1. The number of rotatable bonds is 12. The van der Waals surface area contributed by atoms with Gasteiger partial charge in [-0.1, -0.05) is 29.5 Å². The van der Waals surface area contributed by atoms with E-state index in [2.05, 4.69) is 50.2 Å². The Morgan fingerprint density at radius 3 is 2.23 bits per heavy atom. The minimum absolute atomic E-state index is 0.226. The van der Waals surface area contributed by atoms with Gasteiger partial charge in [0.05, 0.1) is 55.8 Å². The Morgan fingerprint density at radius 1 is 0.896 bits per heavy atom. The van der Waals surface area contributed by atoms with Crippen LogP contribution in [0.2, 0.25) is 0 Å². The molecule has 0 radical (unpaired) electrons. The lowest BCUT2D eigenvalue weighted by Crippen LogP contribution is -2.39. The number of thiazole rings is 1. The lowest BCUT2D eigenvalue weighted by Gasteiger charge is -2.23. The van der Waals surface area contributed by atoms with Gasteiger partial charge in [0.1, 0.15) is 12.4 Å². The second-order valence-electron chi connectivity index (χ2n) is 10.3.